The molecule has 2 aromatic rings. The minimum absolute atomic E-state index is 0.391. The third kappa shape index (κ3) is 4.93. The van der Waals surface area contributed by atoms with Crippen LogP contribution in [-0.4, -0.2) is 52.3 Å². The average Bonchev–Trinajstić information content (AvgIpc) is 2.75. The van der Waals surface area contributed by atoms with Gasteiger partial charge in [-0.1, -0.05) is 56.0 Å². The first kappa shape index (κ1) is 19.1. The van der Waals surface area contributed by atoms with Crippen LogP contribution in [0.5, 0.6) is 0 Å². The summed E-state index contributed by atoms with van der Waals surface area (Å²) in [4.78, 5) is 13.5. The number of rotatable bonds is 7. The molecular formula is C21H27N5O. The molecule has 2 heterocycles. The van der Waals surface area contributed by atoms with Crippen LogP contribution in [0.2, 0.25) is 0 Å². The molecule has 1 saturated heterocycles. The van der Waals surface area contributed by atoms with Crippen LogP contribution in [0.1, 0.15) is 24.5 Å². The van der Waals surface area contributed by atoms with Crippen molar-refractivity contribution in [1.82, 2.24) is 20.3 Å². The Morgan fingerprint density at radius 1 is 1.19 bits per heavy atom. The molecule has 0 spiro atoms. The second-order valence-electron chi connectivity index (χ2n) is 6.63. The number of anilines is 1. The molecular weight excluding hydrogens is 338 g/mol. The number of hydroxylamine groups is 1. The molecule has 1 aromatic heterocycles. The minimum Gasteiger partial charge on any atom is -0.338 e. The number of nitrogens with one attached hydrogen (secondary N) is 1. The van der Waals surface area contributed by atoms with Crippen LogP contribution in [0.15, 0.2) is 55.4 Å². The van der Waals surface area contributed by atoms with Crippen LogP contribution in [0, 0.1) is 0 Å². The van der Waals surface area contributed by atoms with Gasteiger partial charge in [0, 0.05) is 50.2 Å². The van der Waals surface area contributed by atoms with Crippen molar-refractivity contribution in [2.24, 2.45) is 0 Å². The zero-order valence-corrected chi connectivity index (χ0v) is 15.8. The van der Waals surface area contributed by atoms with Gasteiger partial charge in [-0.05, 0) is 12.0 Å². The van der Waals surface area contributed by atoms with Crippen LogP contribution in [0.25, 0.3) is 11.8 Å². The summed E-state index contributed by atoms with van der Waals surface area (Å²) in [5.74, 6) is 0.719. The van der Waals surface area contributed by atoms with E-state index in [1.165, 1.54) is 5.56 Å². The molecule has 6 heteroatoms. The molecule has 0 radical (unpaired) electrons. The van der Waals surface area contributed by atoms with Gasteiger partial charge in [0.05, 0.1) is 5.70 Å². The Morgan fingerprint density at radius 2 is 1.85 bits per heavy atom. The van der Waals surface area contributed by atoms with Gasteiger partial charge in [0.2, 0.25) is 5.95 Å². The van der Waals surface area contributed by atoms with Gasteiger partial charge < -0.3 is 4.90 Å². The maximum absolute atomic E-state index is 8.90. The highest BCUT2D eigenvalue weighted by atomic mass is 16.5. The van der Waals surface area contributed by atoms with E-state index in [0.717, 1.165) is 38.5 Å². The van der Waals surface area contributed by atoms with Crippen molar-refractivity contribution >= 4 is 17.7 Å². The summed E-state index contributed by atoms with van der Waals surface area (Å²) in [5.41, 5.74) is 4.33. The van der Waals surface area contributed by atoms with Crippen molar-refractivity contribution in [1.29, 1.82) is 0 Å². The summed E-state index contributed by atoms with van der Waals surface area (Å²) in [6, 6.07) is 10.9. The molecule has 0 bridgehead atoms. The number of hydrogen-bond acceptors (Lipinski definition) is 6. The maximum atomic E-state index is 8.90. The van der Waals surface area contributed by atoms with Crippen LogP contribution in [-0.2, 0) is 0 Å². The fraction of sp³-hybridized carbons (Fsp3) is 0.333. The quantitative estimate of drug-likeness (QED) is 0.736. The Labute approximate surface area is 160 Å². The van der Waals surface area contributed by atoms with Crippen molar-refractivity contribution in [3.63, 3.8) is 0 Å². The van der Waals surface area contributed by atoms with Gasteiger partial charge in [0.25, 0.3) is 0 Å². The minimum atomic E-state index is 0.391. The molecule has 1 aliphatic heterocycles. The summed E-state index contributed by atoms with van der Waals surface area (Å²) in [7, 11) is 0. The third-order valence-electron chi connectivity index (χ3n) is 4.92. The smallest absolute Gasteiger partial charge is 0.225 e. The van der Waals surface area contributed by atoms with Crippen LogP contribution < -0.4 is 10.4 Å². The molecule has 1 atom stereocenters. The van der Waals surface area contributed by atoms with Crippen molar-refractivity contribution < 1.29 is 5.21 Å². The molecule has 1 aromatic carbocycles. The van der Waals surface area contributed by atoms with E-state index in [-0.39, 0.29) is 0 Å². The molecule has 142 valence electrons. The van der Waals surface area contributed by atoms with Gasteiger partial charge in [0.1, 0.15) is 0 Å². The zero-order chi connectivity index (χ0) is 19.1. The topological polar surface area (TPSA) is 64.5 Å². The molecule has 0 saturated carbocycles. The monoisotopic (exact) mass is 365 g/mol. The number of nitrogens with zero attached hydrogens (tertiary/aromatic N) is 4. The second-order valence-corrected chi connectivity index (χ2v) is 6.63. The molecule has 1 aliphatic rings. The number of hydrogen-bond donors (Lipinski definition) is 2. The lowest BCUT2D eigenvalue weighted by Gasteiger charge is -2.38. The van der Waals surface area contributed by atoms with Crippen LogP contribution >= 0.6 is 0 Å². The number of aromatic nitrogens is 2. The molecule has 2 N–H and O–H groups in total. The maximum Gasteiger partial charge on any atom is 0.225 e. The lowest BCUT2D eigenvalue weighted by Crippen LogP contribution is -2.50. The van der Waals surface area contributed by atoms with Crippen molar-refractivity contribution in [3.05, 3.63) is 66.5 Å². The highest BCUT2D eigenvalue weighted by molar-refractivity contribution is 5.59. The summed E-state index contributed by atoms with van der Waals surface area (Å²) >= 11 is 0. The van der Waals surface area contributed by atoms with Gasteiger partial charge >= 0.3 is 0 Å². The Hall–Kier alpha value is -2.70. The second kappa shape index (κ2) is 9.30. The van der Waals surface area contributed by atoms with E-state index in [2.05, 4.69) is 69.7 Å². The fourth-order valence-corrected chi connectivity index (χ4v) is 3.26. The van der Waals surface area contributed by atoms with Crippen molar-refractivity contribution in [3.8, 4) is 0 Å². The van der Waals surface area contributed by atoms with Crippen LogP contribution in [0.3, 0.4) is 0 Å². The van der Waals surface area contributed by atoms with E-state index >= 15 is 0 Å². The normalized spacial score (nSPS) is 16.4. The van der Waals surface area contributed by atoms with E-state index in [4.69, 9.17) is 5.21 Å². The average molecular weight is 365 g/mol. The Kier molecular flexibility index (Phi) is 6.57. The summed E-state index contributed by atoms with van der Waals surface area (Å²) in [5, 5.41) is 8.90. The van der Waals surface area contributed by atoms with Gasteiger partial charge in [-0.25, -0.2) is 9.97 Å². The first-order chi connectivity index (χ1) is 13.2. The van der Waals surface area contributed by atoms with E-state index < -0.39 is 0 Å². The largest absolute Gasteiger partial charge is 0.338 e. The van der Waals surface area contributed by atoms with Crippen molar-refractivity contribution in [2.45, 2.75) is 19.4 Å². The lowest BCUT2D eigenvalue weighted by molar-refractivity contribution is 0.211. The molecule has 27 heavy (non-hydrogen) atoms. The molecule has 1 fully saturated rings. The molecule has 6 nitrogen and oxygen atoms in total. The van der Waals surface area contributed by atoms with E-state index in [1.54, 1.807) is 12.4 Å². The first-order valence-corrected chi connectivity index (χ1v) is 9.35. The van der Waals surface area contributed by atoms with Crippen molar-refractivity contribution in [2.75, 3.05) is 31.1 Å². The van der Waals surface area contributed by atoms with E-state index in [0.29, 0.717) is 17.3 Å². The summed E-state index contributed by atoms with van der Waals surface area (Å²) in [6.45, 7) is 9.68. The standard InChI is InChI=1S/C21H27N5O/c1-3-20(10-9-18-7-5-4-6-8-18)25-11-13-26(14-12-25)21-22-15-19(16-23-21)17(2)24-27/h4-10,15-16,20,24,27H,2-3,11-14H2,1H3/b10-9+. The van der Waals surface area contributed by atoms with E-state index in [1.807, 2.05) is 11.5 Å². The highest BCUT2D eigenvalue weighted by Gasteiger charge is 2.22. The molecule has 1 unspecified atom stereocenters. The van der Waals surface area contributed by atoms with Gasteiger partial charge in [-0.2, -0.15) is 0 Å². The SMILES string of the molecule is C=C(NO)c1cnc(N2CCN(C(/C=C/c3ccccc3)CC)CC2)nc1. The summed E-state index contributed by atoms with van der Waals surface area (Å²) in [6.07, 6.45) is 8.97. The summed E-state index contributed by atoms with van der Waals surface area (Å²) < 4.78 is 0. The zero-order valence-electron chi connectivity index (χ0n) is 15.8. The first-order valence-electron chi connectivity index (χ1n) is 9.35. The number of benzene rings is 1. The van der Waals surface area contributed by atoms with Crippen LogP contribution in [0.4, 0.5) is 5.95 Å². The predicted octanol–water partition coefficient (Wildman–Crippen LogP) is 3.04. The fourth-order valence-electron chi connectivity index (χ4n) is 3.26. The number of piperazine rings is 1. The Balaban J connectivity index is 1.57. The molecule has 0 amide bonds. The predicted molar refractivity (Wildman–Crippen MR) is 109 cm³/mol. The highest BCUT2D eigenvalue weighted by Crippen LogP contribution is 2.16. The van der Waals surface area contributed by atoms with Gasteiger partial charge in [-0.15, -0.1) is 0 Å². The lowest BCUT2D eigenvalue weighted by atomic mass is 10.1. The molecule has 0 aliphatic carbocycles. The van der Waals surface area contributed by atoms with E-state index in [9.17, 15) is 0 Å². The molecule has 3 rings (SSSR count). The van der Waals surface area contributed by atoms with Gasteiger partial charge in [-0.3, -0.25) is 15.6 Å². The Morgan fingerprint density at radius 3 is 2.44 bits per heavy atom. The van der Waals surface area contributed by atoms with Gasteiger partial charge in [0.15, 0.2) is 0 Å². The third-order valence-corrected chi connectivity index (χ3v) is 4.92. The Bertz CT molecular complexity index is 752.